The van der Waals surface area contributed by atoms with E-state index in [-0.39, 0.29) is 0 Å². The number of nitrogens with zero attached hydrogens (tertiary/aromatic N) is 2. The second-order valence-corrected chi connectivity index (χ2v) is 5.44. The summed E-state index contributed by atoms with van der Waals surface area (Å²) in [7, 11) is 0. The molecule has 96 valence electrons. The standard InChI is InChI=1S/C14H19N3S/c1-2-18-14-11-13(15)17(16-14)10-6-9-12-7-4-3-5-8-12/h3-5,7-8,11H,2,6,9-10,15H2,1H3. The van der Waals surface area contributed by atoms with Crippen LogP contribution in [0.5, 0.6) is 0 Å². The second kappa shape index (κ2) is 6.50. The Morgan fingerprint density at radius 1 is 1.28 bits per heavy atom. The number of benzene rings is 1. The van der Waals surface area contributed by atoms with Crippen molar-refractivity contribution in [3.63, 3.8) is 0 Å². The summed E-state index contributed by atoms with van der Waals surface area (Å²) in [6.45, 7) is 3.00. The SMILES string of the molecule is CCSc1cc(N)n(CCCc2ccccc2)n1. The van der Waals surface area contributed by atoms with Gasteiger partial charge in [-0.25, -0.2) is 4.68 Å². The highest BCUT2D eigenvalue weighted by molar-refractivity contribution is 7.99. The van der Waals surface area contributed by atoms with Crippen molar-refractivity contribution in [3.05, 3.63) is 42.0 Å². The minimum atomic E-state index is 0.763. The molecule has 4 heteroatoms. The summed E-state index contributed by atoms with van der Waals surface area (Å²) in [6.07, 6.45) is 2.13. The molecular formula is C14H19N3S. The lowest BCUT2D eigenvalue weighted by Crippen LogP contribution is -2.05. The first-order valence-electron chi connectivity index (χ1n) is 6.29. The van der Waals surface area contributed by atoms with Gasteiger partial charge in [-0.2, -0.15) is 5.10 Å². The number of aromatic nitrogens is 2. The molecule has 2 N–H and O–H groups in total. The fraction of sp³-hybridized carbons (Fsp3) is 0.357. The summed E-state index contributed by atoms with van der Waals surface area (Å²) in [5, 5.41) is 5.51. The molecule has 0 radical (unpaired) electrons. The molecule has 0 aliphatic rings. The number of hydrogen-bond acceptors (Lipinski definition) is 3. The maximum absolute atomic E-state index is 5.94. The van der Waals surface area contributed by atoms with Gasteiger partial charge in [-0.15, -0.1) is 11.8 Å². The van der Waals surface area contributed by atoms with Crippen molar-refractivity contribution < 1.29 is 0 Å². The fourth-order valence-corrected chi connectivity index (χ4v) is 2.54. The van der Waals surface area contributed by atoms with Crippen LogP contribution in [-0.4, -0.2) is 15.5 Å². The van der Waals surface area contributed by atoms with Crippen LogP contribution in [0.2, 0.25) is 0 Å². The maximum Gasteiger partial charge on any atom is 0.122 e. The highest BCUT2D eigenvalue weighted by atomic mass is 32.2. The molecule has 0 saturated heterocycles. The van der Waals surface area contributed by atoms with Crippen molar-refractivity contribution in [1.82, 2.24) is 9.78 Å². The van der Waals surface area contributed by atoms with Crippen LogP contribution in [0, 0.1) is 0 Å². The predicted molar refractivity (Wildman–Crippen MR) is 77.8 cm³/mol. The van der Waals surface area contributed by atoms with Crippen LogP contribution in [0.15, 0.2) is 41.4 Å². The topological polar surface area (TPSA) is 43.8 Å². The molecule has 1 aromatic carbocycles. The Bertz CT molecular complexity index is 479. The van der Waals surface area contributed by atoms with Crippen molar-refractivity contribution in [1.29, 1.82) is 0 Å². The lowest BCUT2D eigenvalue weighted by Gasteiger charge is -2.04. The number of hydrogen-bond donors (Lipinski definition) is 1. The molecule has 2 rings (SSSR count). The van der Waals surface area contributed by atoms with Gasteiger partial charge in [0.2, 0.25) is 0 Å². The second-order valence-electron chi connectivity index (χ2n) is 4.15. The summed E-state index contributed by atoms with van der Waals surface area (Å²) in [5.74, 6) is 1.79. The van der Waals surface area contributed by atoms with Gasteiger partial charge in [-0.05, 0) is 24.2 Å². The van der Waals surface area contributed by atoms with E-state index in [0.29, 0.717) is 0 Å². The monoisotopic (exact) mass is 261 g/mol. The number of nitrogen functional groups attached to an aromatic ring is 1. The fourth-order valence-electron chi connectivity index (χ4n) is 1.88. The van der Waals surface area contributed by atoms with Crippen molar-refractivity contribution >= 4 is 17.6 Å². The van der Waals surface area contributed by atoms with E-state index in [1.54, 1.807) is 11.8 Å². The largest absolute Gasteiger partial charge is 0.384 e. The zero-order valence-corrected chi connectivity index (χ0v) is 11.5. The molecule has 1 aromatic heterocycles. The van der Waals surface area contributed by atoms with Crippen LogP contribution in [0.4, 0.5) is 5.82 Å². The normalized spacial score (nSPS) is 10.7. The molecule has 3 nitrogen and oxygen atoms in total. The minimum Gasteiger partial charge on any atom is -0.384 e. The molecule has 1 heterocycles. The average Bonchev–Trinajstić information content (AvgIpc) is 2.72. The Balaban J connectivity index is 1.86. The molecule has 0 bridgehead atoms. The van der Waals surface area contributed by atoms with Gasteiger partial charge in [-0.3, -0.25) is 0 Å². The molecule has 0 aliphatic heterocycles. The third-order valence-corrected chi connectivity index (χ3v) is 3.54. The number of aryl methyl sites for hydroxylation is 2. The summed E-state index contributed by atoms with van der Waals surface area (Å²) in [6, 6.07) is 12.5. The first kappa shape index (κ1) is 13.0. The van der Waals surface area contributed by atoms with E-state index in [1.807, 2.05) is 16.8 Å². The number of nitrogens with two attached hydrogens (primary N) is 1. The molecule has 0 spiro atoms. The molecule has 0 atom stereocenters. The van der Waals surface area contributed by atoms with Gasteiger partial charge in [0.25, 0.3) is 0 Å². The van der Waals surface area contributed by atoms with Crippen molar-refractivity contribution in [2.24, 2.45) is 0 Å². The molecular weight excluding hydrogens is 242 g/mol. The average molecular weight is 261 g/mol. The van der Waals surface area contributed by atoms with Gasteiger partial charge < -0.3 is 5.73 Å². The van der Waals surface area contributed by atoms with E-state index in [9.17, 15) is 0 Å². The zero-order valence-electron chi connectivity index (χ0n) is 10.7. The summed E-state index contributed by atoms with van der Waals surface area (Å²) >= 11 is 1.73. The third-order valence-electron chi connectivity index (χ3n) is 2.76. The van der Waals surface area contributed by atoms with Gasteiger partial charge in [0.05, 0.1) is 0 Å². The Kier molecular flexibility index (Phi) is 4.70. The Hall–Kier alpha value is -1.42. The van der Waals surface area contributed by atoms with E-state index in [0.717, 1.165) is 36.0 Å². The Labute approximate surface area is 112 Å². The highest BCUT2D eigenvalue weighted by Gasteiger charge is 2.04. The van der Waals surface area contributed by atoms with E-state index in [4.69, 9.17) is 5.73 Å². The van der Waals surface area contributed by atoms with E-state index in [1.165, 1.54) is 5.56 Å². The zero-order chi connectivity index (χ0) is 12.8. The van der Waals surface area contributed by atoms with E-state index in [2.05, 4.69) is 36.3 Å². The molecule has 18 heavy (non-hydrogen) atoms. The van der Waals surface area contributed by atoms with Crippen LogP contribution in [-0.2, 0) is 13.0 Å². The van der Waals surface area contributed by atoms with Crippen LogP contribution < -0.4 is 5.73 Å². The number of thioether (sulfide) groups is 1. The molecule has 0 fully saturated rings. The molecule has 0 saturated carbocycles. The van der Waals surface area contributed by atoms with Gasteiger partial charge >= 0.3 is 0 Å². The third kappa shape index (κ3) is 3.53. The molecule has 0 unspecified atom stereocenters. The van der Waals surface area contributed by atoms with E-state index < -0.39 is 0 Å². The van der Waals surface area contributed by atoms with Crippen LogP contribution in [0.3, 0.4) is 0 Å². The molecule has 0 amide bonds. The summed E-state index contributed by atoms with van der Waals surface area (Å²) in [4.78, 5) is 0. The van der Waals surface area contributed by atoms with Crippen molar-refractivity contribution in [2.75, 3.05) is 11.5 Å². The van der Waals surface area contributed by atoms with Crippen LogP contribution in [0.1, 0.15) is 18.9 Å². The number of rotatable bonds is 6. The van der Waals surface area contributed by atoms with Crippen LogP contribution in [0.25, 0.3) is 0 Å². The Morgan fingerprint density at radius 2 is 2.06 bits per heavy atom. The number of anilines is 1. The molecule has 0 aliphatic carbocycles. The van der Waals surface area contributed by atoms with Gasteiger partial charge in [-0.1, -0.05) is 37.3 Å². The lowest BCUT2D eigenvalue weighted by atomic mass is 10.1. The summed E-state index contributed by atoms with van der Waals surface area (Å²) in [5.41, 5.74) is 7.31. The minimum absolute atomic E-state index is 0.763. The first-order valence-corrected chi connectivity index (χ1v) is 7.28. The predicted octanol–water partition coefficient (Wildman–Crippen LogP) is 3.21. The van der Waals surface area contributed by atoms with Crippen molar-refractivity contribution in [3.8, 4) is 0 Å². The Morgan fingerprint density at radius 3 is 2.78 bits per heavy atom. The summed E-state index contributed by atoms with van der Waals surface area (Å²) < 4.78 is 1.90. The van der Waals surface area contributed by atoms with Gasteiger partial charge in [0, 0.05) is 12.6 Å². The van der Waals surface area contributed by atoms with E-state index >= 15 is 0 Å². The van der Waals surface area contributed by atoms with Crippen LogP contribution >= 0.6 is 11.8 Å². The maximum atomic E-state index is 5.94. The highest BCUT2D eigenvalue weighted by Crippen LogP contribution is 2.19. The quantitative estimate of drug-likeness (QED) is 0.812. The molecule has 2 aromatic rings. The van der Waals surface area contributed by atoms with Gasteiger partial charge in [0.1, 0.15) is 10.8 Å². The first-order chi connectivity index (χ1) is 8.79. The lowest BCUT2D eigenvalue weighted by molar-refractivity contribution is 0.574. The van der Waals surface area contributed by atoms with Gasteiger partial charge in [0.15, 0.2) is 0 Å². The smallest absolute Gasteiger partial charge is 0.122 e. The van der Waals surface area contributed by atoms with Crippen molar-refractivity contribution in [2.45, 2.75) is 31.3 Å².